The van der Waals surface area contributed by atoms with E-state index in [1.807, 2.05) is 24.3 Å². The molecule has 1 heterocycles. The highest BCUT2D eigenvalue weighted by Gasteiger charge is 2.07. The molecule has 0 unspecified atom stereocenters. The highest BCUT2D eigenvalue weighted by molar-refractivity contribution is 5.81. The molecule has 106 valence electrons. The lowest BCUT2D eigenvalue weighted by Crippen LogP contribution is -2.09. The van der Waals surface area contributed by atoms with Crippen molar-refractivity contribution in [1.82, 2.24) is 9.97 Å². The van der Waals surface area contributed by atoms with Crippen molar-refractivity contribution >= 4 is 10.9 Å². The maximum absolute atomic E-state index is 12.2. The minimum absolute atomic E-state index is 0.190. The summed E-state index contributed by atoms with van der Waals surface area (Å²) in [5.74, 6) is 1.92. The van der Waals surface area contributed by atoms with Crippen molar-refractivity contribution in [2.75, 3.05) is 14.2 Å². The van der Waals surface area contributed by atoms with Crippen LogP contribution in [0.25, 0.3) is 22.3 Å². The third-order valence-electron chi connectivity index (χ3n) is 3.28. The Hall–Kier alpha value is -2.82. The topological polar surface area (TPSA) is 64.2 Å². The van der Waals surface area contributed by atoms with Gasteiger partial charge in [0.2, 0.25) is 0 Å². The van der Waals surface area contributed by atoms with Gasteiger partial charge in [-0.15, -0.1) is 0 Å². The number of fused-ring (bicyclic) bond motifs is 1. The number of methoxy groups -OCH3 is 2. The molecule has 3 aromatic rings. The van der Waals surface area contributed by atoms with Gasteiger partial charge in [0.25, 0.3) is 5.56 Å². The van der Waals surface area contributed by atoms with Crippen LogP contribution in [0.5, 0.6) is 11.5 Å². The summed E-state index contributed by atoms with van der Waals surface area (Å²) in [4.78, 5) is 19.5. The summed E-state index contributed by atoms with van der Waals surface area (Å²) in [5, 5.41) is 0.506. The second-order valence-electron chi connectivity index (χ2n) is 4.53. The lowest BCUT2D eigenvalue weighted by atomic mass is 10.2. The van der Waals surface area contributed by atoms with E-state index in [1.165, 1.54) is 0 Å². The SMILES string of the molecule is COc1ccc(-c2nc3ccc(OC)cc3c(=O)[nH]2)cc1. The van der Waals surface area contributed by atoms with Gasteiger partial charge in [-0.25, -0.2) is 4.98 Å². The zero-order valence-corrected chi connectivity index (χ0v) is 11.7. The second kappa shape index (κ2) is 5.28. The summed E-state index contributed by atoms with van der Waals surface area (Å²) in [6, 6.07) is 12.6. The maximum Gasteiger partial charge on any atom is 0.259 e. The fraction of sp³-hybridized carbons (Fsp3) is 0.125. The van der Waals surface area contributed by atoms with Crippen molar-refractivity contribution < 1.29 is 9.47 Å². The van der Waals surface area contributed by atoms with Gasteiger partial charge in [-0.05, 0) is 42.5 Å². The van der Waals surface area contributed by atoms with Crippen LogP contribution in [-0.4, -0.2) is 24.2 Å². The molecule has 21 heavy (non-hydrogen) atoms. The molecule has 0 saturated carbocycles. The van der Waals surface area contributed by atoms with Crippen LogP contribution in [0.1, 0.15) is 0 Å². The third-order valence-corrected chi connectivity index (χ3v) is 3.28. The first kappa shape index (κ1) is 13.2. The first-order valence-electron chi connectivity index (χ1n) is 6.44. The van der Waals surface area contributed by atoms with Crippen LogP contribution in [-0.2, 0) is 0 Å². The monoisotopic (exact) mass is 282 g/mol. The second-order valence-corrected chi connectivity index (χ2v) is 4.53. The molecule has 3 rings (SSSR count). The minimum atomic E-state index is -0.190. The molecule has 1 N–H and O–H groups in total. The molecular formula is C16H14N2O3. The minimum Gasteiger partial charge on any atom is -0.497 e. The smallest absolute Gasteiger partial charge is 0.259 e. The van der Waals surface area contributed by atoms with Gasteiger partial charge >= 0.3 is 0 Å². The predicted molar refractivity (Wildman–Crippen MR) is 80.9 cm³/mol. The first-order valence-corrected chi connectivity index (χ1v) is 6.44. The van der Waals surface area contributed by atoms with Gasteiger partial charge in [-0.3, -0.25) is 4.79 Å². The lowest BCUT2D eigenvalue weighted by molar-refractivity contribution is 0.415. The van der Waals surface area contributed by atoms with Crippen LogP contribution in [0.4, 0.5) is 0 Å². The molecule has 0 aliphatic carbocycles. The van der Waals surface area contributed by atoms with Gasteiger partial charge in [-0.1, -0.05) is 0 Å². The van der Waals surface area contributed by atoms with E-state index in [9.17, 15) is 4.79 Å². The molecule has 0 atom stereocenters. The van der Waals surface area contributed by atoms with E-state index in [2.05, 4.69) is 9.97 Å². The van der Waals surface area contributed by atoms with Gasteiger partial charge in [0.1, 0.15) is 17.3 Å². The van der Waals surface area contributed by atoms with E-state index in [1.54, 1.807) is 32.4 Å². The molecule has 5 heteroatoms. The number of rotatable bonds is 3. The number of benzene rings is 2. The molecule has 0 spiro atoms. The van der Waals surface area contributed by atoms with Gasteiger partial charge in [0.05, 0.1) is 25.1 Å². The number of ether oxygens (including phenoxy) is 2. The zero-order valence-electron chi connectivity index (χ0n) is 11.7. The van der Waals surface area contributed by atoms with E-state index in [0.717, 1.165) is 11.3 Å². The fourth-order valence-corrected chi connectivity index (χ4v) is 2.13. The highest BCUT2D eigenvalue weighted by atomic mass is 16.5. The summed E-state index contributed by atoms with van der Waals surface area (Å²) < 4.78 is 10.2. The van der Waals surface area contributed by atoms with Crippen molar-refractivity contribution in [2.45, 2.75) is 0 Å². The van der Waals surface area contributed by atoms with Crippen LogP contribution in [0.3, 0.4) is 0 Å². The first-order chi connectivity index (χ1) is 10.2. The number of nitrogens with zero attached hydrogens (tertiary/aromatic N) is 1. The zero-order chi connectivity index (χ0) is 14.8. The lowest BCUT2D eigenvalue weighted by Gasteiger charge is -2.06. The Bertz CT molecular complexity index is 838. The maximum atomic E-state index is 12.2. The quantitative estimate of drug-likeness (QED) is 0.802. The molecule has 0 aliphatic rings. The van der Waals surface area contributed by atoms with Gasteiger partial charge in [0, 0.05) is 5.56 Å². The van der Waals surface area contributed by atoms with E-state index < -0.39 is 0 Å². The molecule has 0 saturated heterocycles. The molecule has 5 nitrogen and oxygen atoms in total. The number of aromatic nitrogens is 2. The number of H-pyrrole nitrogens is 1. The average molecular weight is 282 g/mol. The van der Waals surface area contributed by atoms with Crippen LogP contribution in [0.2, 0.25) is 0 Å². The number of hydrogen-bond donors (Lipinski definition) is 1. The predicted octanol–water partition coefficient (Wildman–Crippen LogP) is 2.61. The van der Waals surface area contributed by atoms with E-state index >= 15 is 0 Å². The molecule has 1 aromatic heterocycles. The van der Waals surface area contributed by atoms with Crippen LogP contribution < -0.4 is 15.0 Å². The summed E-state index contributed by atoms with van der Waals surface area (Å²) >= 11 is 0. The third kappa shape index (κ3) is 2.45. The van der Waals surface area contributed by atoms with Gasteiger partial charge in [0.15, 0.2) is 0 Å². The van der Waals surface area contributed by atoms with Crippen LogP contribution in [0.15, 0.2) is 47.3 Å². The Balaban J connectivity index is 2.13. The van der Waals surface area contributed by atoms with Crippen LogP contribution in [0, 0.1) is 0 Å². The standard InChI is InChI=1S/C16H14N2O3/c1-20-11-5-3-10(4-6-11)15-17-14-8-7-12(21-2)9-13(14)16(19)18-15/h3-9H,1-2H3,(H,17,18,19). The Morgan fingerprint density at radius 2 is 1.62 bits per heavy atom. The number of aromatic amines is 1. The van der Waals surface area contributed by atoms with Crippen molar-refractivity contribution in [3.8, 4) is 22.9 Å². The van der Waals surface area contributed by atoms with Crippen molar-refractivity contribution in [3.05, 3.63) is 52.8 Å². The molecule has 0 amide bonds. The molecule has 0 aliphatic heterocycles. The Kier molecular flexibility index (Phi) is 3.31. The molecule has 0 bridgehead atoms. The average Bonchev–Trinajstić information content (AvgIpc) is 2.54. The summed E-state index contributed by atoms with van der Waals surface area (Å²) in [7, 11) is 3.17. The molecule has 0 radical (unpaired) electrons. The van der Waals surface area contributed by atoms with Crippen molar-refractivity contribution in [3.63, 3.8) is 0 Å². The summed E-state index contributed by atoms with van der Waals surface area (Å²) in [6.07, 6.45) is 0. The Labute approximate surface area is 121 Å². The largest absolute Gasteiger partial charge is 0.497 e. The summed E-state index contributed by atoms with van der Waals surface area (Å²) in [6.45, 7) is 0. The van der Waals surface area contributed by atoms with Crippen molar-refractivity contribution in [2.24, 2.45) is 0 Å². The Morgan fingerprint density at radius 3 is 2.29 bits per heavy atom. The van der Waals surface area contributed by atoms with E-state index in [0.29, 0.717) is 22.5 Å². The van der Waals surface area contributed by atoms with Gasteiger partial charge < -0.3 is 14.5 Å². The summed E-state index contributed by atoms with van der Waals surface area (Å²) in [5.41, 5.74) is 1.26. The molecular weight excluding hydrogens is 268 g/mol. The molecule has 2 aromatic carbocycles. The molecule has 0 fully saturated rings. The van der Waals surface area contributed by atoms with E-state index in [-0.39, 0.29) is 5.56 Å². The van der Waals surface area contributed by atoms with Crippen molar-refractivity contribution in [1.29, 1.82) is 0 Å². The number of hydrogen-bond acceptors (Lipinski definition) is 4. The van der Waals surface area contributed by atoms with Crippen LogP contribution >= 0.6 is 0 Å². The highest BCUT2D eigenvalue weighted by Crippen LogP contribution is 2.21. The number of nitrogens with one attached hydrogen (secondary N) is 1. The van der Waals surface area contributed by atoms with E-state index in [4.69, 9.17) is 9.47 Å². The Morgan fingerprint density at radius 1 is 0.952 bits per heavy atom. The normalized spacial score (nSPS) is 10.6. The fourth-order valence-electron chi connectivity index (χ4n) is 2.13. The van der Waals surface area contributed by atoms with Gasteiger partial charge in [-0.2, -0.15) is 0 Å².